The Morgan fingerprint density at radius 2 is 2.19 bits per heavy atom. The van der Waals surface area contributed by atoms with Gasteiger partial charge < -0.3 is 5.32 Å². The van der Waals surface area contributed by atoms with E-state index in [-0.39, 0.29) is 0 Å². The van der Waals surface area contributed by atoms with Gasteiger partial charge in [0.2, 0.25) is 0 Å². The first-order chi connectivity index (χ1) is 7.92. The van der Waals surface area contributed by atoms with Gasteiger partial charge in [0, 0.05) is 0 Å². The third-order valence-electron chi connectivity index (χ3n) is 3.38. The van der Waals surface area contributed by atoms with E-state index in [0.717, 1.165) is 11.4 Å². The van der Waals surface area contributed by atoms with Crippen LogP contribution in [0.15, 0.2) is 23.7 Å². The van der Waals surface area contributed by atoms with E-state index < -0.39 is 0 Å². The first-order valence-corrected chi connectivity index (χ1v) is 6.82. The quantitative estimate of drug-likeness (QED) is 0.861. The Bertz CT molecular complexity index is 471. The lowest BCUT2D eigenvalue weighted by Gasteiger charge is -2.22. The Hall–Kier alpha value is -0.930. The van der Waals surface area contributed by atoms with Crippen molar-refractivity contribution in [2.24, 2.45) is 5.92 Å². The number of benzene rings is 1. The fourth-order valence-electron chi connectivity index (χ4n) is 2.45. The molecule has 1 fully saturated rings. The van der Waals surface area contributed by atoms with Crippen molar-refractivity contribution in [2.45, 2.75) is 19.3 Å². The molecule has 1 aliphatic heterocycles. The summed E-state index contributed by atoms with van der Waals surface area (Å²) in [6.07, 6.45) is 3.85. The highest BCUT2D eigenvalue weighted by molar-refractivity contribution is 7.16. The van der Waals surface area contributed by atoms with Gasteiger partial charge in [-0.1, -0.05) is 6.07 Å². The Balaban J connectivity index is 1.77. The minimum Gasteiger partial charge on any atom is -0.317 e. The lowest BCUT2D eigenvalue weighted by molar-refractivity contribution is 0.373. The molecule has 3 heteroatoms. The third-order valence-corrected chi connectivity index (χ3v) is 4.19. The molecule has 1 aromatic carbocycles. The van der Waals surface area contributed by atoms with Crippen LogP contribution < -0.4 is 5.32 Å². The number of nitrogens with zero attached hydrogens (tertiary/aromatic N) is 1. The summed E-state index contributed by atoms with van der Waals surface area (Å²) in [7, 11) is 0. The van der Waals surface area contributed by atoms with Gasteiger partial charge >= 0.3 is 0 Å². The fraction of sp³-hybridized carbons (Fsp3) is 0.462. The molecule has 1 aliphatic rings. The zero-order valence-electron chi connectivity index (χ0n) is 9.28. The lowest BCUT2D eigenvalue weighted by atomic mass is 9.91. The van der Waals surface area contributed by atoms with Crippen molar-refractivity contribution in [3.63, 3.8) is 0 Å². The molecule has 0 saturated carbocycles. The molecule has 0 amide bonds. The molecule has 0 radical (unpaired) electrons. The molecule has 2 aromatic rings. The van der Waals surface area contributed by atoms with Crippen LogP contribution in [-0.2, 0) is 6.42 Å². The average Bonchev–Trinajstić information content (AvgIpc) is 2.77. The van der Waals surface area contributed by atoms with E-state index in [1.807, 2.05) is 5.51 Å². The Labute approximate surface area is 99.7 Å². The molecule has 1 saturated heterocycles. The van der Waals surface area contributed by atoms with Crippen molar-refractivity contribution in [1.82, 2.24) is 10.3 Å². The van der Waals surface area contributed by atoms with Crippen molar-refractivity contribution >= 4 is 21.6 Å². The summed E-state index contributed by atoms with van der Waals surface area (Å²) in [5, 5.41) is 3.42. The maximum Gasteiger partial charge on any atom is 0.0814 e. The van der Waals surface area contributed by atoms with E-state index >= 15 is 0 Å². The second kappa shape index (κ2) is 4.52. The van der Waals surface area contributed by atoms with E-state index in [1.54, 1.807) is 11.3 Å². The summed E-state index contributed by atoms with van der Waals surface area (Å²) in [5.41, 5.74) is 4.54. The zero-order valence-corrected chi connectivity index (χ0v) is 10.1. The second-order valence-electron chi connectivity index (χ2n) is 4.55. The highest BCUT2D eigenvalue weighted by Crippen LogP contribution is 2.23. The number of rotatable bonds is 2. The molecule has 0 spiro atoms. The second-order valence-corrected chi connectivity index (χ2v) is 5.44. The predicted octanol–water partition coefficient (Wildman–Crippen LogP) is 2.84. The van der Waals surface area contributed by atoms with Crippen molar-refractivity contribution in [3.8, 4) is 0 Å². The number of aromatic nitrogens is 1. The minimum atomic E-state index is 0.859. The van der Waals surface area contributed by atoms with Gasteiger partial charge in [0.25, 0.3) is 0 Å². The summed E-state index contributed by atoms with van der Waals surface area (Å²) in [4.78, 5) is 4.38. The highest BCUT2D eigenvalue weighted by atomic mass is 32.1. The van der Waals surface area contributed by atoms with E-state index in [2.05, 4.69) is 28.5 Å². The van der Waals surface area contributed by atoms with Crippen molar-refractivity contribution in [3.05, 3.63) is 29.3 Å². The molecule has 16 heavy (non-hydrogen) atoms. The molecule has 0 unspecified atom stereocenters. The summed E-state index contributed by atoms with van der Waals surface area (Å²) in [6, 6.07) is 6.74. The molecule has 0 bridgehead atoms. The number of thiazole rings is 1. The smallest absolute Gasteiger partial charge is 0.0814 e. The first-order valence-electron chi connectivity index (χ1n) is 5.95. The minimum absolute atomic E-state index is 0.859. The van der Waals surface area contributed by atoms with Crippen LogP contribution in [0, 0.1) is 5.92 Å². The summed E-state index contributed by atoms with van der Waals surface area (Å²) in [6.45, 7) is 2.37. The Kier molecular flexibility index (Phi) is 2.89. The van der Waals surface area contributed by atoms with E-state index in [0.29, 0.717) is 0 Å². The van der Waals surface area contributed by atoms with Crippen LogP contribution >= 0.6 is 11.3 Å². The molecule has 0 aliphatic carbocycles. The average molecular weight is 232 g/mol. The third kappa shape index (κ3) is 2.11. The standard InChI is InChI=1S/C13H16N2S/c1-2-13-12(15-9-16-13)8-11(1)7-10-3-5-14-6-4-10/h1-2,8-10,14H,3-7H2. The van der Waals surface area contributed by atoms with Gasteiger partial charge in [-0.3, -0.25) is 0 Å². The van der Waals surface area contributed by atoms with Crippen LogP contribution in [0.25, 0.3) is 10.2 Å². The van der Waals surface area contributed by atoms with Crippen LogP contribution in [0.1, 0.15) is 18.4 Å². The molecule has 3 rings (SSSR count). The topological polar surface area (TPSA) is 24.9 Å². The molecule has 2 nitrogen and oxygen atoms in total. The number of fused-ring (bicyclic) bond motifs is 1. The summed E-state index contributed by atoms with van der Waals surface area (Å²) >= 11 is 1.72. The van der Waals surface area contributed by atoms with Gasteiger partial charge in [-0.25, -0.2) is 4.98 Å². The van der Waals surface area contributed by atoms with Crippen LogP contribution in [0.4, 0.5) is 0 Å². The van der Waals surface area contributed by atoms with Gasteiger partial charge in [-0.2, -0.15) is 0 Å². The number of nitrogens with one attached hydrogen (secondary N) is 1. The fourth-order valence-corrected chi connectivity index (χ4v) is 3.11. The predicted molar refractivity (Wildman–Crippen MR) is 68.9 cm³/mol. The Morgan fingerprint density at radius 1 is 1.31 bits per heavy atom. The van der Waals surface area contributed by atoms with Crippen molar-refractivity contribution in [2.75, 3.05) is 13.1 Å². The van der Waals surface area contributed by atoms with E-state index in [9.17, 15) is 0 Å². The molecular weight excluding hydrogens is 216 g/mol. The normalized spacial score (nSPS) is 18.0. The number of piperidine rings is 1. The van der Waals surface area contributed by atoms with Crippen molar-refractivity contribution in [1.29, 1.82) is 0 Å². The van der Waals surface area contributed by atoms with E-state index in [4.69, 9.17) is 0 Å². The van der Waals surface area contributed by atoms with Gasteiger partial charge in [-0.05, 0) is 56.0 Å². The summed E-state index contributed by atoms with van der Waals surface area (Å²) < 4.78 is 1.30. The van der Waals surface area contributed by atoms with Gasteiger partial charge in [0.1, 0.15) is 0 Å². The highest BCUT2D eigenvalue weighted by Gasteiger charge is 2.13. The van der Waals surface area contributed by atoms with Crippen molar-refractivity contribution < 1.29 is 0 Å². The van der Waals surface area contributed by atoms with Crippen LogP contribution in [0.2, 0.25) is 0 Å². The van der Waals surface area contributed by atoms with Gasteiger partial charge in [0.05, 0.1) is 15.7 Å². The first kappa shape index (κ1) is 10.2. The molecule has 84 valence electrons. The van der Waals surface area contributed by atoms with E-state index in [1.165, 1.54) is 42.6 Å². The number of hydrogen-bond donors (Lipinski definition) is 1. The van der Waals surface area contributed by atoms with Gasteiger partial charge in [0.15, 0.2) is 0 Å². The van der Waals surface area contributed by atoms with Crippen LogP contribution in [-0.4, -0.2) is 18.1 Å². The Morgan fingerprint density at radius 3 is 3.06 bits per heavy atom. The molecule has 1 aromatic heterocycles. The molecule has 1 N–H and O–H groups in total. The molecular formula is C13H16N2S. The maximum absolute atomic E-state index is 4.38. The number of hydrogen-bond acceptors (Lipinski definition) is 3. The zero-order chi connectivity index (χ0) is 10.8. The lowest BCUT2D eigenvalue weighted by Crippen LogP contribution is -2.28. The monoisotopic (exact) mass is 232 g/mol. The van der Waals surface area contributed by atoms with Crippen LogP contribution in [0.5, 0.6) is 0 Å². The maximum atomic E-state index is 4.38. The molecule has 2 heterocycles. The summed E-state index contributed by atoms with van der Waals surface area (Å²) in [5.74, 6) is 0.859. The SMILES string of the molecule is c1nc2cc(CC3CCNCC3)ccc2s1. The molecule has 0 atom stereocenters. The largest absolute Gasteiger partial charge is 0.317 e. The van der Waals surface area contributed by atoms with Crippen LogP contribution in [0.3, 0.4) is 0 Å². The van der Waals surface area contributed by atoms with Gasteiger partial charge in [-0.15, -0.1) is 11.3 Å².